The van der Waals surface area contributed by atoms with E-state index in [0.29, 0.717) is 25.9 Å². The number of aryl methyl sites for hydroxylation is 1. The predicted molar refractivity (Wildman–Crippen MR) is 110 cm³/mol. The fourth-order valence-electron chi connectivity index (χ4n) is 2.59. The first-order valence-electron chi connectivity index (χ1n) is 8.02. The van der Waals surface area contributed by atoms with Gasteiger partial charge in [-0.2, -0.15) is 4.99 Å². The summed E-state index contributed by atoms with van der Waals surface area (Å²) < 4.78 is 26.9. The molecule has 1 heterocycles. The summed E-state index contributed by atoms with van der Waals surface area (Å²) in [6.45, 7) is 0. The number of nitrogens with zero attached hydrogens (tertiary/aromatic N) is 2. The summed E-state index contributed by atoms with van der Waals surface area (Å²) in [4.78, 5) is 16.7. The van der Waals surface area contributed by atoms with Crippen molar-refractivity contribution in [3.63, 3.8) is 0 Å². The van der Waals surface area contributed by atoms with E-state index >= 15 is 0 Å². The van der Waals surface area contributed by atoms with Gasteiger partial charge < -0.3 is 4.57 Å². The summed E-state index contributed by atoms with van der Waals surface area (Å²) in [5.41, 5.74) is 1.39. The van der Waals surface area contributed by atoms with Gasteiger partial charge in [0.05, 0.1) is 31.8 Å². The minimum absolute atomic E-state index is 0.0942. The van der Waals surface area contributed by atoms with Gasteiger partial charge in [-0.05, 0) is 17.7 Å². The first kappa shape index (κ1) is 20.1. The van der Waals surface area contributed by atoms with Crippen molar-refractivity contribution in [2.45, 2.75) is 12.2 Å². The van der Waals surface area contributed by atoms with Gasteiger partial charge in [0.15, 0.2) is 14.6 Å². The molecular weight excluding hydrogens is 427 g/mol. The number of amides is 1. The van der Waals surface area contributed by atoms with Gasteiger partial charge in [-0.15, -0.1) is 0 Å². The van der Waals surface area contributed by atoms with E-state index in [9.17, 15) is 13.2 Å². The highest BCUT2D eigenvalue weighted by Gasteiger charge is 2.15. The third-order valence-corrected chi connectivity index (χ3v) is 7.42. The predicted octanol–water partition coefficient (Wildman–Crippen LogP) is 3.98. The van der Waals surface area contributed by atoms with Gasteiger partial charge in [-0.3, -0.25) is 4.79 Å². The highest BCUT2D eigenvalue weighted by atomic mass is 35.5. The van der Waals surface area contributed by atoms with Crippen LogP contribution < -0.4 is 4.80 Å². The molecule has 5 nitrogen and oxygen atoms in total. The van der Waals surface area contributed by atoms with Crippen LogP contribution >= 0.6 is 34.5 Å². The second-order valence-electron chi connectivity index (χ2n) is 5.98. The average molecular weight is 443 g/mol. The molecule has 0 atom stereocenters. The molecule has 0 bridgehead atoms. The number of fused-ring (bicyclic) bond motifs is 1. The Balaban J connectivity index is 1.78. The zero-order valence-electron chi connectivity index (χ0n) is 14.4. The third kappa shape index (κ3) is 4.79. The van der Waals surface area contributed by atoms with E-state index in [4.69, 9.17) is 23.2 Å². The Morgan fingerprint density at radius 3 is 2.44 bits per heavy atom. The Morgan fingerprint density at radius 2 is 1.78 bits per heavy atom. The van der Waals surface area contributed by atoms with Gasteiger partial charge in [0.25, 0.3) is 0 Å². The van der Waals surface area contributed by atoms with Crippen LogP contribution in [0.2, 0.25) is 10.0 Å². The first-order valence-corrected chi connectivity index (χ1v) is 11.4. The number of hydrogen-bond donors (Lipinski definition) is 0. The molecule has 0 saturated heterocycles. The lowest BCUT2D eigenvalue weighted by Crippen LogP contribution is -2.16. The first-order chi connectivity index (χ1) is 12.8. The largest absolute Gasteiger partial charge is 0.318 e. The van der Waals surface area contributed by atoms with Gasteiger partial charge in [-0.1, -0.05) is 64.9 Å². The maximum absolute atomic E-state index is 12.2. The monoisotopic (exact) mass is 442 g/mol. The van der Waals surface area contributed by atoms with Gasteiger partial charge in [0, 0.05) is 13.5 Å². The molecule has 0 radical (unpaired) electrons. The molecule has 142 valence electrons. The van der Waals surface area contributed by atoms with Crippen LogP contribution in [-0.2, 0) is 27.4 Å². The molecule has 0 spiro atoms. The molecule has 0 aliphatic rings. The molecule has 0 saturated carbocycles. The molecular formula is C18H16Cl2N2O3S2. The number of carbonyl (C=O) groups excluding carboxylic acids is 1. The molecule has 3 rings (SSSR count). The molecule has 9 heteroatoms. The SMILES string of the molecule is Cn1c(=NC(=O)CCS(=O)(=O)Cc2ccccc2)sc2c(Cl)ccc(Cl)c21. The Morgan fingerprint density at radius 1 is 1.11 bits per heavy atom. The van der Waals surface area contributed by atoms with E-state index in [-0.39, 0.29) is 17.9 Å². The fourth-order valence-corrected chi connectivity index (χ4v) is 5.60. The van der Waals surface area contributed by atoms with Crippen LogP contribution in [0.3, 0.4) is 0 Å². The van der Waals surface area contributed by atoms with Crippen molar-refractivity contribution in [1.29, 1.82) is 0 Å². The number of halogens is 2. The van der Waals surface area contributed by atoms with E-state index in [1.54, 1.807) is 48.0 Å². The van der Waals surface area contributed by atoms with Gasteiger partial charge in [0.1, 0.15) is 0 Å². The molecule has 1 aromatic heterocycles. The van der Waals surface area contributed by atoms with Crippen molar-refractivity contribution >= 4 is 60.5 Å². The normalized spacial score (nSPS) is 12.6. The van der Waals surface area contributed by atoms with Gasteiger partial charge >= 0.3 is 0 Å². The molecule has 0 fully saturated rings. The molecule has 2 aromatic carbocycles. The van der Waals surface area contributed by atoms with Gasteiger partial charge in [-0.25, -0.2) is 8.42 Å². The number of sulfone groups is 1. The van der Waals surface area contributed by atoms with Crippen molar-refractivity contribution < 1.29 is 13.2 Å². The standard InChI is InChI=1S/C18H16Cl2N2O3S2/c1-22-16-13(19)7-8-14(20)17(16)26-18(22)21-15(23)9-10-27(24,25)11-12-5-3-2-4-6-12/h2-8H,9-11H2,1H3. The summed E-state index contributed by atoms with van der Waals surface area (Å²) in [5, 5.41) is 1.03. The lowest BCUT2D eigenvalue weighted by molar-refractivity contribution is -0.117. The number of hydrogen-bond acceptors (Lipinski definition) is 4. The Hall–Kier alpha value is -1.67. The second-order valence-corrected chi connectivity index (χ2v) is 9.96. The maximum Gasteiger partial charge on any atom is 0.249 e. The van der Waals surface area contributed by atoms with E-state index in [0.717, 1.165) is 4.70 Å². The number of rotatable bonds is 5. The van der Waals surface area contributed by atoms with Crippen molar-refractivity contribution in [1.82, 2.24) is 4.57 Å². The Kier molecular flexibility index (Phi) is 6.05. The zero-order chi connectivity index (χ0) is 19.6. The summed E-state index contributed by atoms with van der Waals surface area (Å²) >= 11 is 13.6. The van der Waals surface area contributed by atoms with E-state index in [1.165, 1.54) is 11.3 Å². The van der Waals surface area contributed by atoms with Crippen LogP contribution in [0.5, 0.6) is 0 Å². The van der Waals surface area contributed by atoms with Crippen molar-refractivity contribution in [3.8, 4) is 0 Å². The Bertz CT molecular complexity index is 1170. The number of benzene rings is 2. The average Bonchev–Trinajstić information content (AvgIpc) is 2.95. The van der Waals surface area contributed by atoms with Crippen molar-refractivity contribution in [3.05, 3.63) is 62.9 Å². The lowest BCUT2D eigenvalue weighted by Gasteiger charge is -2.03. The molecule has 27 heavy (non-hydrogen) atoms. The van der Waals surface area contributed by atoms with Gasteiger partial charge in [0.2, 0.25) is 5.91 Å². The topological polar surface area (TPSA) is 68.5 Å². The van der Waals surface area contributed by atoms with Crippen molar-refractivity contribution in [2.24, 2.45) is 12.0 Å². The van der Waals surface area contributed by atoms with E-state index < -0.39 is 15.7 Å². The third-order valence-electron chi connectivity index (χ3n) is 3.93. The molecule has 0 unspecified atom stereocenters. The minimum atomic E-state index is -3.40. The molecule has 3 aromatic rings. The van der Waals surface area contributed by atoms with Crippen LogP contribution in [0.15, 0.2) is 47.5 Å². The number of aromatic nitrogens is 1. The highest BCUT2D eigenvalue weighted by molar-refractivity contribution is 7.90. The highest BCUT2D eigenvalue weighted by Crippen LogP contribution is 2.31. The maximum atomic E-state index is 12.2. The molecule has 0 aliphatic carbocycles. The molecule has 1 amide bonds. The second kappa shape index (κ2) is 8.14. The van der Waals surface area contributed by atoms with Crippen LogP contribution in [0, 0.1) is 0 Å². The summed E-state index contributed by atoms with van der Waals surface area (Å²) in [6.07, 6.45) is -0.176. The fraction of sp³-hybridized carbons (Fsp3) is 0.222. The van der Waals surface area contributed by atoms with E-state index in [2.05, 4.69) is 4.99 Å². The zero-order valence-corrected chi connectivity index (χ0v) is 17.5. The van der Waals surface area contributed by atoms with Crippen LogP contribution in [-0.4, -0.2) is 24.6 Å². The smallest absolute Gasteiger partial charge is 0.249 e. The lowest BCUT2D eigenvalue weighted by atomic mass is 10.2. The van der Waals surface area contributed by atoms with Crippen LogP contribution in [0.1, 0.15) is 12.0 Å². The van der Waals surface area contributed by atoms with Crippen molar-refractivity contribution in [2.75, 3.05) is 5.75 Å². The molecule has 0 aliphatic heterocycles. The van der Waals surface area contributed by atoms with Crippen LogP contribution in [0.25, 0.3) is 10.2 Å². The number of carbonyl (C=O) groups is 1. The quantitative estimate of drug-likeness (QED) is 0.599. The van der Waals surface area contributed by atoms with Crippen LogP contribution in [0.4, 0.5) is 0 Å². The van der Waals surface area contributed by atoms with E-state index in [1.807, 2.05) is 6.07 Å². The molecule has 0 N–H and O–H groups in total. The summed E-state index contributed by atoms with van der Waals surface area (Å²) in [7, 11) is -1.66. The number of thiazole rings is 1. The Labute approximate surface area is 170 Å². The minimum Gasteiger partial charge on any atom is -0.318 e. The summed E-state index contributed by atoms with van der Waals surface area (Å²) in [6, 6.07) is 12.2. The summed E-state index contributed by atoms with van der Waals surface area (Å²) in [5.74, 6) is -0.843.